The highest BCUT2D eigenvalue weighted by Crippen LogP contribution is 2.30. The van der Waals surface area contributed by atoms with Gasteiger partial charge in [0.1, 0.15) is 23.2 Å². The maximum atomic E-state index is 13.3. The van der Waals surface area contributed by atoms with E-state index >= 15 is 0 Å². The third-order valence-corrected chi connectivity index (χ3v) is 5.33. The topological polar surface area (TPSA) is 84.5 Å². The van der Waals surface area contributed by atoms with Crippen LogP contribution in [-0.2, 0) is 10.0 Å². The molecule has 0 spiro atoms. The van der Waals surface area contributed by atoms with Crippen LogP contribution in [0.15, 0.2) is 65.6 Å². The largest absolute Gasteiger partial charge is 0.495 e. The van der Waals surface area contributed by atoms with Gasteiger partial charge in [0.2, 0.25) is 0 Å². The van der Waals surface area contributed by atoms with Crippen molar-refractivity contribution in [2.24, 2.45) is 0 Å². The first kappa shape index (κ1) is 21.2. The second-order valence-electron chi connectivity index (χ2n) is 6.09. The molecule has 0 saturated carbocycles. The maximum Gasteiger partial charge on any atom is 0.262 e. The standard InChI is InChI=1S/C20H15F3N2O4S/c1-29-19-7-4-16(24-20(26)12-8-14(22)10-15(23)9-12)11-18(19)25-30(27,28)17-5-2-13(21)3-6-17/h2-11,25H,1H3,(H,24,26). The highest BCUT2D eigenvalue weighted by atomic mass is 32.2. The molecule has 0 aromatic heterocycles. The molecule has 10 heteroatoms. The molecule has 2 N–H and O–H groups in total. The number of carbonyl (C=O) groups excluding carboxylic acids is 1. The Hall–Kier alpha value is -3.53. The van der Waals surface area contributed by atoms with Crippen LogP contribution in [0.25, 0.3) is 0 Å². The lowest BCUT2D eigenvalue weighted by Crippen LogP contribution is -2.15. The molecule has 0 aliphatic rings. The molecule has 0 atom stereocenters. The number of hydrogen-bond donors (Lipinski definition) is 2. The van der Waals surface area contributed by atoms with Crippen molar-refractivity contribution in [3.63, 3.8) is 0 Å². The summed E-state index contributed by atoms with van der Waals surface area (Å²) in [5.41, 5.74) is -0.121. The second-order valence-corrected chi connectivity index (χ2v) is 7.77. The summed E-state index contributed by atoms with van der Waals surface area (Å²) >= 11 is 0. The average molecular weight is 436 g/mol. The lowest BCUT2D eigenvalue weighted by molar-refractivity contribution is 0.102. The third-order valence-electron chi connectivity index (χ3n) is 3.95. The average Bonchev–Trinajstić information content (AvgIpc) is 2.67. The lowest BCUT2D eigenvalue weighted by atomic mass is 10.2. The Morgan fingerprint density at radius 1 is 0.867 bits per heavy atom. The van der Waals surface area contributed by atoms with Crippen molar-refractivity contribution in [1.82, 2.24) is 0 Å². The molecule has 0 saturated heterocycles. The number of benzene rings is 3. The van der Waals surface area contributed by atoms with E-state index in [0.29, 0.717) is 6.07 Å². The summed E-state index contributed by atoms with van der Waals surface area (Å²) in [4.78, 5) is 12.1. The van der Waals surface area contributed by atoms with Gasteiger partial charge in [0.05, 0.1) is 17.7 Å². The molecule has 0 unspecified atom stereocenters. The van der Waals surface area contributed by atoms with Gasteiger partial charge in [-0.1, -0.05) is 0 Å². The molecule has 3 aromatic carbocycles. The Balaban J connectivity index is 1.88. The number of rotatable bonds is 6. The van der Waals surface area contributed by atoms with Gasteiger partial charge in [-0.3, -0.25) is 9.52 Å². The van der Waals surface area contributed by atoms with Gasteiger partial charge in [-0.25, -0.2) is 21.6 Å². The van der Waals surface area contributed by atoms with Crippen molar-refractivity contribution in [1.29, 1.82) is 0 Å². The normalized spacial score (nSPS) is 11.1. The Kier molecular flexibility index (Phi) is 5.97. The molecule has 0 aliphatic carbocycles. The first-order valence-corrected chi connectivity index (χ1v) is 9.90. The van der Waals surface area contributed by atoms with E-state index in [2.05, 4.69) is 10.0 Å². The smallest absolute Gasteiger partial charge is 0.262 e. The first-order chi connectivity index (χ1) is 14.2. The van der Waals surface area contributed by atoms with Crippen LogP contribution in [0.3, 0.4) is 0 Å². The Morgan fingerprint density at radius 2 is 1.50 bits per heavy atom. The fraction of sp³-hybridized carbons (Fsp3) is 0.0500. The second kappa shape index (κ2) is 8.46. The Morgan fingerprint density at radius 3 is 2.10 bits per heavy atom. The zero-order valence-corrected chi connectivity index (χ0v) is 16.3. The van der Waals surface area contributed by atoms with E-state index in [4.69, 9.17) is 4.74 Å². The van der Waals surface area contributed by atoms with Crippen molar-refractivity contribution < 1.29 is 31.1 Å². The van der Waals surface area contributed by atoms with Gasteiger partial charge in [0.25, 0.3) is 15.9 Å². The SMILES string of the molecule is COc1ccc(NC(=O)c2cc(F)cc(F)c2)cc1NS(=O)(=O)c1ccc(F)cc1. The summed E-state index contributed by atoms with van der Waals surface area (Å²) in [5, 5.41) is 2.43. The molecule has 0 aliphatic heterocycles. The molecule has 3 aromatic rings. The van der Waals surface area contributed by atoms with Crippen molar-refractivity contribution >= 4 is 27.3 Å². The van der Waals surface area contributed by atoms with E-state index in [1.165, 1.54) is 25.3 Å². The van der Waals surface area contributed by atoms with Crippen LogP contribution in [0.1, 0.15) is 10.4 Å². The van der Waals surface area contributed by atoms with E-state index < -0.39 is 33.4 Å². The van der Waals surface area contributed by atoms with E-state index in [9.17, 15) is 26.4 Å². The van der Waals surface area contributed by atoms with E-state index in [-0.39, 0.29) is 27.6 Å². The molecule has 0 heterocycles. The van der Waals surface area contributed by atoms with Crippen LogP contribution in [-0.4, -0.2) is 21.4 Å². The molecular weight excluding hydrogens is 421 g/mol. The number of hydrogen-bond acceptors (Lipinski definition) is 4. The van der Waals surface area contributed by atoms with Gasteiger partial charge in [0.15, 0.2) is 0 Å². The van der Waals surface area contributed by atoms with Crippen molar-refractivity contribution in [3.8, 4) is 5.75 Å². The molecule has 0 bridgehead atoms. The predicted octanol–water partition coefficient (Wildman–Crippen LogP) is 4.17. The van der Waals surface area contributed by atoms with Crippen molar-refractivity contribution in [2.45, 2.75) is 4.90 Å². The minimum absolute atomic E-state index is 0.00922. The number of carbonyl (C=O) groups is 1. The number of amides is 1. The monoisotopic (exact) mass is 436 g/mol. The van der Waals surface area contributed by atoms with Gasteiger partial charge in [0, 0.05) is 17.3 Å². The van der Waals surface area contributed by atoms with Gasteiger partial charge in [-0.05, 0) is 54.6 Å². The number of methoxy groups -OCH3 is 1. The van der Waals surface area contributed by atoms with Crippen molar-refractivity contribution in [2.75, 3.05) is 17.1 Å². The van der Waals surface area contributed by atoms with Crippen LogP contribution in [0.4, 0.5) is 24.5 Å². The summed E-state index contributed by atoms with van der Waals surface area (Å²) in [6.45, 7) is 0. The predicted molar refractivity (Wildman–Crippen MR) is 105 cm³/mol. The molecule has 6 nitrogen and oxygen atoms in total. The summed E-state index contributed by atoms with van der Waals surface area (Å²) in [6, 6.07) is 10.6. The summed E-state index contributed by atoms with van der Waals surface area (Å²) < 4.78 is 72.2. The molecule has 3 rings (SSSR count). The van der Waals surface area contributed by atoms with E-state index in [0.717, 1.165) is 36.4 Å². The quantitative estimate of drug-likeness (QED) is 0.608. The number of sulfonamides is 1. The fourth-order valence-electron chi connectivity index (χ4n) is 2.57. The molecule has 1 amide bonds. The molecule has 0 radical (unpaired) electrons. The molecular formula is C20H15F3N2O4S. The number of nitrogens with one attached hydrogen (secondary N) is 2. The number of halogens is 3. The van der Waals surface area contributed by atoms with Gasteiger partial charge in [-0.15, -0.1) is 0 Å². The number of ether oxygens (including phenoxy) is 1. The van der Waals surface area contributed by atoms with Crippen LogP contribution in [0.5, 0.6) is 5.75 Å². The molecule has 30 heavy (non-hydrogen) atoms. The van der Waals surface area contributed by atoms with Crippen LogP contribution in [0, 0.1) is 17.5 Å². The Labute approximate surface area is 170 Å². The highest BCUT2D eigenvalue weighted by Gasteiger charge is 2.18. The summed E-state index contributed by atoms with van der Waals surface area (Å²) in [7, 11) is -2.76. The zero-order chi connectivity index (χ0) is 21.9. The lowest BCUT2D eigenvalue weighted by Gasteiger charge is -2.14. The minimum atomic E-state index is -4.08. The fourth-order valence-corrected chi connectivity index (χ4v) is 3.63. The third kappa shape index (κ3) is 4.90. The van der Waals surface area contributed by atoms with E-state index in [1.54, 1.807) is 0 Å². The van der Waals surface area contributed by atoms with Crippen LogP contribution >= 0.6 is 0 Å². The Bertz CT molecular complexity index is 1180. The van der Waals surface area contributed by atoms with Crippen molar-refractivity contribution in [3.05, 3.63) is 83.7 Å². The highest BCUT2D eigenvalue weighted by molar-refractivity contribution is 7.92. The molecule has 0 fully saturated rings. The first-order valence-electron chi connectivity index (χ1n) is 8.42. The van der Waals surface area contributed by atoms with Gasteiger partial charge in [-0.2, -0.15) is 0 Å². The van der Waals surface area contributed by atoms with Crippen LogP contribution in [0.2, 0.25) is 0 Å². The zero-order valence-electron chi connectivity index (χ0n) is 15.4. The van der Waals surface area contributed by atoms with Gasteiger partial charge >= 0.3 is 0 Å². The summed E-state index contributed by atoms with van der Waals surface area (Å²) in [5.74, 6) is -3.07. The summed E-state index contributed by atoms with van der Waals surface area (Å²) in [6.07, 6.45) is 0. The minimum Gasteiger partial charge on any atom is -0.495 e. The van der Waals surface area contributed by atoms with E-state index in [1.807, 2.05) is 0 Å². The maximum absolute atomic E-state index is 13.3. The number of anilines is 2. The van der Waals surface area contributed by atoms with Crippen LogP contribution < -0.4 is 14.8 Å². The molecule has 156 valence electrons. The van der Waals surface area contributed by atoms with Gasteiger partial charge < -0.3 is 10.1 Å².